The quantitative estimate of drug-likeness (QED) is 0.876. The van der Waals surface area contributed by atoms with Crippen LogP contribution in [0.1, 0.15) is 31.7 Å². The molecule has 0 aromatic carbocycles. The summed E-state index contributed by atoms with van der Waals surface area (Å²) in [6.07, 6.45) is 7.27. The third-order valence-electron chi connectivity index (χ3n) is 3.60. The summed E-state index contributed by atoms with van der Waals surface area (Å²) >= 11 is 0. The summed E-state index contributed by atoms with van der Waals surface area (Å²) in [7, 11) is 0. The Morgan fingerprint density at radius 3 is 2.89 bits per heavy atom. The molecule has 0 radical (unpaired) electrons. The van der Waals surface area contributed by atoms with Crippen molar-refractivity contribution in [2.45, 2.75) is 38.6 Å². The van der Waals surface area contributed by atoms with Crippen molar-refractivity contribution in [2.24, 2.45) is 0 Å². The van der Waals surface area contributed by atoms with Crippen molar-refractivity contribution < 1.29 is 4.79 Å². The second-order valence-corrected chi connectivity index (χ2v) is 5.12. The van der Waals surface area contributed by atoms with E-state index in [0.717, 1.165) is 44.5 Å². The molecule has 1 saturated heterocycles. The van der Waals surface area contributed by atoms with E-state index in [1.54, 1.807) is 12.4 Å². The zero-order valence-corrected chi connectivity index (χ0v) is 11.6. The minimum atomic E-state index is 0.238. The number of aromatic nitrogens is 1. The van der Waals surface area contributed by atoms with Crippen LogP contribution in [0.2, 0.25) is 0 Å². The average Bonchev–Trinajstić information content (AvgIpc) is 2.46. The molecule has 0 saturated carbocycles. The van der Waals surface area contributed by atoms with Gasteiger partial charge in [0, 0.05) is 31.5 Å². The molecule has 0 aliphatic carbocycles. The van der Waals surface area contributed by atoms with Gasteiger partial charge in [-0.2, -0.15) is 0 Å². The molecule has 104 valence electrons. The predicted octanol–water partition coefficient (Wildman–Crippen LogP) is 1.61. The van der Waals surface area contributed by atoms with E-state index in [1.807, 2.05) is 12.1 Å². The smallest absolute Gasteiger partial charge is 0.227 e. The van der Waals surface area contributed by atoms with Crippen molar-refractivity contribution in [3.63, 3.8) is 0 Å². The molecule has 19 heavy (non-hydrogen) atoms. The Hall–Kier alpha value is -1.42. The molecule has 1 aliphatic rings. The number of piperidine rings is 1. The van der Waals surface area contributed by atoms with Gasteiger partial charge in [0.15, 0.2) is 0 Å². The van der Waals surface area contributed by atoms with E-state index in [2.05, 4.69) is 22.1 Å². The first-order chi connectivity index (χ1) is 9.31. The monoisotopic (exact) mass is 261 g/mol. The first kappa shape index (κ1) is 14.0. The summed E-state index contributed by atoms with van der Waals surface area (Å²) < 4.78 is 0. The highest BCUT2D eigenvalue weighted by Gasteiger charge is 2.24. The molecular formula is C15H23N3O. The number of pyridine rings is 1. The molecule has 2 heterocycles. The standard InChI is InChI=1S/C15H23N3O/c1-2-10-18(14-4-3-7-17-12-14)15(19)11-13-5-8-16-9-6-13/h5-6,8-9,14,17H,2-4,7,10-12H2,1H3. The zero-order chi connectivity index (χ0) is 13.5. The maximum Gasteiger partial charge on any atom is 0.227 e. The van der Waals surface area contributed by atoms with Gasteiger partial charge in [0.05, 0.1) is 6.42 Å². The lowest BCUT2D eigenvalue weighted by Crippen LogP contribution is -2.49. The van der Waals surface area contributed by atoms with Crippen molar-refractivity contribution in [1.82, 2.24) is 15.2 Å². The molecule has 0 spiro atoms. The lowest BCUT2D eigenvalue weighted by atomic mass is 10.0. The number of rotatable bonds is 5. The number of nitrogens with zero attached hydrogens (tertiary/aromatic N) is 2. The first-order valence-corrected chi connectivity index (χ1v) is 7.20. The van der Waals surface area contributed by atoms with E-state index in [4.69, 9.17) is 0 Å². The Balaban J connectivity index is 1.99. The van der Waals surface area contributed by atoms with Gasteiger partial charge in [0.25, 0.3) is 0 Å². The summed E-state index contributed by atoms with van der Waals surface area (Å²) in [5.74, 6) is 0.238. The van der Waals surface area contributed by atoms with Crippen molar-refractivity contribution in [1.29, 1.82) is 0 Å². The van der Waals surface area contributed by atoms with Crippen molar-refractivity contribution in [3.05, 3.63) is 30.1 Å². The summed E-state index contributed by atoms with van der Waals surface area (Å²) in [6, 6.07) is 4.20. The van der Waals surface area contributed by atoms with E-state index >= 15 is 0 Å². The topological polar surface area (TPSA) is 45.2 Å². The summed E-state index contributed by atoms with van der Waals surface area (Å²) in [6.45, 7) is 5.00. The summed E-state index contributed by atoms with van der Waals surface area (Å²) in [5.41, 5.74) is 1.05. The highest BCUT2D eigenvalue weighted by molar-refractivity contribution is 5.79. The SMILES string of the molecule is CCCN(C(=O)Cc1ccncc1)C1CCCNC1. The number of carbonyl (C=O) groups is 1. The Labute approximate surface area is 115 Å². The molecule has 1 N–H and O–H groups in total. The number of carbonyl (C=O) groups excluding carboxylic acids is 1. The number of nitrogens with one attached hydrogen (secondary N) is 1. The molecule has 1 fully saturated rings. The van der Waals surface area contributed by atoms with Crippen LogP contribution in [0.25, 0.3) is 0 Å². The van der Waals surface area contributed by atoms with E-state index in [9.17, 15) is 4.79 Å². The molecule has 0 bridgehead atoms. The molecule has 2 rings (SSSR count). The van der Waals surface area contributed by atoms with Crippen LogP contribution in [0.4, 0.5) is 0 Å². The van der Waals surface area contributed by atoms with Gasteiger partial charge in [-0.3, -0.25) is 9.78 Å². The predicted molar refractivity (Wildman–Crippen MR) is 75.8 cm³/mol. The van der Waals surface area contributed by atoms with E-state index in [1.165, 1.54) is 0 Å². The van der Waals surface area contributed by atoms with Crippen molar-refractivity contribution in [3.8, 4) is 0 Å². The first-order valence-electron chi connectivity index (χ1n) is 7.20. The minimum Gasteiger partial charge on any atom is -0.338 e. The van der Waals surface area contributed by atoms with Crippen LogP contribution in [0.15, 0.2) is 24.5 Å². The summed E-state index contributed by atoms with van der Waals surface area (Å²) in [4.78, 5) is 18.5. The third-order valence-corrected chi connectivity index (χ3v) is 3.60. The molecule has 4 nitrogen and oxygen atoms in total. The second kappa shape index (κ2) is 7.24. The minimum absolute atomic E-state index is 0.238. The van der Waals surface area contributed by atoms with Gasteiger partial charge in [-0.05, 0) is 43.5 Å². The highest BCUT2D eigenvalue weighted by Crippen LogP contribution is 2.13. The van der Waals surface area contributed by atoms with Gasteiger partial charge >= 0.3 is 0 Å². The molecule has 1 atom stereocenters. The van der Waals surface area contributed by atoms with Crippen LogP contribution >= 0.6 is 0 Å². The highest BCUT2D eigenvalue weighted by atomic mass is 16.2. The van der Waals surface area contributed by atoms with Gasteiger partial charge < -0.3 is 10.2 Å². The van der Waals surface area contributed by atoms with Gasteiger partial charge in [-0.15, -0.1) is 0 Å². The summed E-state index contributed by atoms with van der Waals surface area (Å²) in [5, 5.41) is 3.39. The van der Waals surface area contributed by atoms with Crippen LogP contribution in [-0.4, -0.2) is 41.5 Å². The van der Waals surface area contributed by atoms with Gasteiger partial charge in [-0.25, -0.2) is 0 Å². The fourth-order valence-corrected chi connectivity index (χ4v) is 2.63. The lowest BCUT2D eigenvalue weighted by molar-refractivity contribution is -0.133. The molecule has 1 aromatic rings. The number of hydrogen-bond donors (Lipinski definition) is 1. The molecule has 1 aromatic heterocycles. The molecule has 4 heteroatoms. The average molecular weight is 261 g/mol. The largest absolute Gasteiger partial charge is 0.338 e. The van der Waals surface area contributed by atoms with E-state index < -0.39 is 0 Å². The molecule has 1 amide bonds. The second-order valence-electron chi connectivity index (χ2n) is 5.12. The fraction of sp³-hybridized carbons (Fsp3) is 0.600. The van der Waals surface area contributed by atoms with Crippen LogP contribution in [0.5, 0.6) is 0 Å². The van der Waals surface area contributed by atoms with E-state index in [-0.39, 0.29) is 5.91 Å². The van der Waals surface area contributed by atoms with E-state index in [0.29, 0.717) is 12.5 Å². The molecule has 1 aliphatic heterocycles. The third kappa shape index (κ3) is 4.03. The van der Waals surface area contributed by atoms with Crippen LogP contribution in [0.3, 0.4) is 0 Å². The maximum absolute atomic E-state index is 12.5. The molecule has 1 unspecified atom stereocenters. The van der Waals surface area contributed by atoms with Gasteiger partial charge in [-0.1, -0.05) is 6.92 Å². The van der Waals surface area contributed by atoms with Crippen LogP contribution in [0, 0.1) is 0 Å². The zero-order valence-electron chi connectivity index (χ0n) is 11.6. The Kier molecular flexibility index (Phi) is 5.33. The van der Waals surface area contributed by atoms with Crippen molar-refractivity contribution in [2.75, 3.05) is 19.6 Å². The molecular weight excluding hydrogens is 238 g/mol. The number of amides is 1. The van der Waals surface area contributed by atoms with Gasteiger partial charge in [0.2, 0.25) is 5.91 Å². The van der Waals surface area contributed by atoms with Crippen LogP contribution in [-0.2, 0) is 11.2 Å². The normalized spacial score (nSPS) is 19.1. The fourth-order valence-electron chi connectivity index (χ4n) is 2.63. The van der Waals surface area contributed by atoms with Crippen molar-refractivity contribution >= 4 is 5.91 Å². The maximum atomic E-state index is 12.5. The number of hydrogen-bond acceptors (Lipinski definition) is 3. The Bertz CT molecular complexity index is 388. The van der Waals surface area contributed by atoms with Crippen LogP contribution < -0.4 is 5.32 Å². The lowest BCUT2D eigenvalue weighted by Gasteiger charge is -2.34. The Morgan fingerprint density at radius 2 is 2.26 bits per heavy atom. The Morgan fingerprint density at radius 1 is 1.47 bits per heavy atom. The van der Waals surface area contributed by atoms with Gasteiger partial charge in [0.1, 0.15) is 0 Å².